The number of hydrogen-bond donors (Lipinski definition) is 2. The fourth-order valence-electron chi connectivity index (χ4n) is 6.63. The van der Waals surface area contributed by atoms with Gasteiger partial charge in [0.15, 0.2) is 6.29 Å². The van der Waals surface area contributed by atoms with Gasteiger partial charge in [-0.3, -0.25) is 14.7 Å². The Hall–Kier alpha value is -3.92. The van der Waals surface area contributed by atoms with E-state index in [1.807, 2.05) is 30.3 Å². The average Bonchev–Trinajstić information content (AvgIpc) is 3.55. The van der Waals surface area contributed by atoms with Gasteiger partial charge >= 0.3 is 0 Å². The van der Waals surface area contributed by atoms with Crippen molar-refractivity contribution in [2.24, 2.45) is 5.92 Å². The molecular weight excluding hydrogens is 578 g/mol. The largest absolute Gasteiger partial charge is 0.392 e. The molecule has 2 aliphatic heterocycles. The molecule has 2 fully saturated rings. The number of aliphatic hydroxyl groups excluding tert-OH is 1. The molecule has 4 aromatic rings. The molecule has 5 atom stereocenters. The van der Waals surface area contributed by atoms with Crippen LogP contribution in [0, 0.1) is 5.92 Å². The van der Waals surface area contributed by atoms with E-state index in [0.29, 0.717) is 18.2 Å². The second-order valence-electron chi connectivity index (χ2n) is 12.3. The third kappa shape index (κ3) is 7.38. The highest BCUT2D eigenvalue weighted by Gasteiger charge is 2.40. The van der Waals surface area contributed by atoms with E-state index < -0.39 is 6.29 Å². The highest BCUT2D eigenvalue weighted by molar-refractivity contribution is 5.93. The van der Waals surface area contributed by atoms with Crippen molar-refractivity contribution in [3.8, 4) is 11.1 Å². The van der Waals surface area contributed by atoms with Crippen LogP contribution in [0.2, 0.25) is 0 Å². The maximum absolute atomic E-state index is 12.7. The standard InChI is InChI=1S/C38H43N3O5/c1-26-35(23-41-20-6-9-33(41)25-44-2)45-38(46-36(26)29-13-11-27(24-42)12-14-29)30-17-15-28(16-18-30)34-10-4-3-7-31(34)22-40-37(43)32-8-5-19-39-21-32/h3-5,7-8,10-19,21,26,33,35-36,38,42H,6,9,20,22-25H2,1-2H3,(H,40,43)/t26-,33-,35+,36+,38+/m0/s1. The fraction of sp³-hybridized carbons (Fsp3) is 0.368. The molecule has 1 aromatic heterocycles. The summed E-state index contributed by atoms with van der Waals surface area (Å²) in [5.41, 5.74) is 6.57. The van der Waals surface area contributed by atoms with Gasteiger partial charge < -0.3 is 24.6 Å². The number of nitrogens with one attached hydrogen (secondary N) is 1. The molecule has 8 nitrogen and oxygen atoms in total. The first kappa shape index (κ1) is 32.0. The normalized spacial score (nSPS) is 23.3. The minimum atomic E-state index is -0.532. The summed E-state index contributed by atoms with van der Waals surface area (Å²) in [7, 11) is 1.77. The SMILES string of the molecule is COC[C@@H]1CCCN1C[C@H]1O[C@@H](c2ccc(-c3ccccc3CNC(=O)c3cccnc3)cc2)O[C@@H](c2ccc(CO)cc2)[C@H]1C. The van der Waals surface area contributed by atoms with Gasteiger partial charge in [0, 0.05) is 50.1 Å². The summed E-state index contributed by atoms with van der Waals surface area (Å²) < 4.78 is 19.0. The number of aliphatic hydroxyl groups is 1. The lowest BCUT2D eigenvalue weighted by Gasteiger charge is -2.43. The number of benzene rings is 3. The van der Waals surface area contributed by atoms with Gasteiger partial charge in [-0.15, -0.1) is 0 Å². The summed E-state index contributed by atoms with van der Waals surface area (Å²) in [6, 6.07) is 28.4. The molecule has 2 N–H and O–H groups in total. The Balaban J connectivity index is 1.21. The van der Waals surface area contributed by atoms with E-state index in [0.717, 1.165) is 65.9 Å². The van der Waals surface area contributed by atoms with Gasteiger partial charge in [-0.2, -0.15) is 0 Å². The van der Waals surface area contributed by atoms with Crippen molar-refractivity contribution in [2.75, 3.05) is 26.8 Å². The smallest absolute Gasteiger partial charge is 0.253 e. The lowest BCUT2D eigenvalue weighted by Crippen LogP contribution is -2.46. The maximum Gasteiger partial charge on any atom is 0.253 e. The van der Waals surface area contributed by atoms with E-state index in [9.17, 15) is 9.90 Å². The van der Waals surface area contributed by atoms with E-state index >= 15 is 0 Å². The van der Waals surface area contributed by atoms with Crippen LogP contribution in [0.3, 0.4) is 0 Å². The molecule has 2 aliphatic rings. The average molecular weight is 622 g/mol. The number of carbonyl (C=O) groups excluding carboxylic acids is 1. The van der Waals surface area contributed by atoms with E-state index in [1.165, 1.54) is 0 Å². The number of likely N-dealkylation sites (tertiary alicyclic amines) is 1. The topological polar surface area (TPSA) is 93.2 Å². The summed E-state index contributed by atoms with van der Waals surface area (Å²) in [4.78, 5) is 19.2. The first-order valence-electron chi connectivity index (χ1n) is 16.1. The highest BCUT2D eigenvalue weighted by Crippen LogP contribution is 2.42. The molecule has 0 radical (unpaired) electrons. The molecule has 6 rings (SSSR count). The first-order chi connectivity index (χ1) is 22.5. The number of rotatable bonds is 11. The lowest BCUT2D eigenvalue weighted by atomic mass is 9.89. The number of ether oxygens (including phenoxy) is 3. The number of hydrogen-bond acceptors (Lipinski definition) is 7. The van der Waals surface area contributed by atoms with Crippen LogP contribution >= 0.6 is 0 Å². The molecule has 46 heavy (non-hydrogen) atoms. The predicted octanol–water partition coefficient (Wildman–Crippen LogP) is 6.07. The number of amides is 1. The molecule has 2 saturated heterocycles. The summed E-state index contributed by atoms with van der Waals surface area (Å²) in [5, 5.41) is 12.6. The second kappa shape index (κ2) is 15.1. The van der Waals surface area contributed by atoms with Crippen molar-refractivity contribution in [1.29, 1.82) is 0 Å². The maximum atomic E-state index is 12.7. The summed E-state index contributed by atoms with van der Waals surface area (Å²) in [5.74, 6) is -0.0373. The molecule has 240 valence electrons. The molecule has 0 unspecified atom stereocenters. The van der Waals surface area contributed by atoms with Crippen LogP contribution in [0.1, 0.15) is 64.8 Å². The Kier molecular flexibility index (Phi) is 10.5. The van der Waals surface area contributed by atoms with Gasteiger partial charge in [-0.25, -0.2) is 0 Å². The number of methoxy groups -OCH3 is 1. The molecule has 3 aromatic carbocycles. The Morgan fingerprint density at radius 3 is 2.52 bits per heavy atom. The quantitative estimate of drug-likeness (QED) is 0.210. The van der Waals surface area contributed by atoms with Crippen molar-refractivity contribution in [3.05, 3.63) is 125 Å². The zero-order valence-corrected chi connectivity index (χ0v) is 26.5. The van der Waals surface area contributed by atoms with Gasteiger partial charge in [0.25, 0.3) is 5.91 Å². The lowest BCUT2D eigenvalue weighted by molar-refractivity contribution is -0.276. The molecular formula is C38H43N3O5. The van der Waals surface area contributed by atoms with Crippen molar-refractivity contribution < 1.29 is 24.1 Å². The van der Waals surface area contributed by atoms with Crippen LogP contribution in [-0.4, -0.2) is 59.8 Å². The molecule has 1 amide bonds. The van der Waals surface area contributed by atoms with Crippen molar-refractivity contribution in [2.45, 2.75) is 57.5 Å². The van der Waals surface area contributed by atoms with Crippen LogP contribution in [-0.2, 0) is 27.4 Å². The Bertz CT molecular complexity index is 1560. The fourth-order valence-corrected chi connectivity index (χ4v) is 6.63. The van der Waals surface area contributed by atoms with Gasteiger partial charge in [0.1, 0.15) is 0 Å². The molecule has 8 heteroatoms. The van der Waals surface area contributed by atoms with Crippen molar-refractivity contribution >= 4 is 5.91 Å². The van der Waals surface area contributed by atoms with Crippen LogP contribution in [0.4, 0.5) is 0 Å². The zero-order valence-electron chi connectivity index (χ0n) is 26.5. The molecule has 0 aliphatic carbocycles. The zero-order chi connectivity index (χ0) is 31.9. The molecule has 3 heterocycles. The monoisotopic (exact) mass is 621 g/mol. The highest BCUT2D eigenvalue weighted by atomic mass is 16.7. The molecule has 0 bridgehead atoms. The summed E-state index contributed by atoms with van der Waals surface area (Å²) >= 11 is 0. The van der Waals surface area contributed by atoms with E-state index in [-0.39, 0.29) is 30.6 Å². The number of pyridine rings is 1. The molecule has 0 spiro atoms. The van der Waals surface area contributed by atoms with Crippen LogP contribution in [0.15, 0.2) is 97.3 Å². The van der Waals surface area contributed by atoms with Crippen LogP contribution < -0.4 is 5.32 Å². The van der Waals surface area contributed by atoms with E-state index in [2.05, 4.69) is 64.6 Å². The number of nitrogens with zero attached hydrogens (tertiary/aromatic N) is 2. The third-order valence-corrected chi connectivity index (χ3v) is 9.27. The number of aromatic nitrogens is 1. The summed E-state index contributed by atoms with van der Waals surface area (Å²) in [6.45, 7) is 5.20. The third-order valence-electron chi connectivity index (χ3n) is 9.27. The second-order valence-corrected chi connectivity index (χ2v) is 12.3. The van der Waals surface area contributed by atoms with Crippen molar-refractivity contribution in [3.63, 3.8) is 0 Å². The van der Waals surface area contributed by atoms with E-state index in [4.69, 9.17) is 14.2 Å². The van der Waals surface area contributed by atoms with Gasteiger partial charge in [0.05, 0.1) is 31.0 Å². The minimum Gasteiger partial charge on any atom is -0.392 e. The minimum absolute atomic E-state index is 0.0118. The first-order valence-corrected chi connectivity index (χ1v) is 16.1. The van der Waals surface area contributed by atoms with Gasteiger partial charge in [-0.05, 0) is 59.3 Å². The Labute approximate surface area is 271 Å². The van der Waals surface area contributed by atoms with Gasteiger partial charge in [-0.1, -0.05) is 79.7 Å². The van der Waals surface area contributed by atoms with Crippen molar-refractivity contribution in [1.82, 2.24) is 15.2 Å². The van der Waals surface area contributed by atoms with E-state index in [1.54, 1.807) is 31.6 Å². The molecule has 0 saturated carbocycles. The van der Waals surface area contributed by atoms with Gasteiger partial charge in [0.2, 0.25) is 0 Å². The Morgan fingerprint density at radius 1 is 1.00 bits per heavy atom. The Morgan fingerprint density at radius 2 is 1.78 bits per heavy atom. The predicted molar refractivity (Wildman–Crippen MR) is 177 cm³/mol. The van der Waals surface area contributed by atoms with Crippen LogP contribution in [0.25, 0.3) is 11.1 Å². The number of carbonyl (C=O) groups is 1. The summed E-state index contributed by atoms with van der Waals surface area (Å²) in [6.07, 6.45) is 4.79. The van der Waals surface area contributed by atoms with Crippen LogP contribution in [0.5, 0.6) is 0 Å².